The van der Waals surface area contributed by atoms with Gasteiger partial charge in [0.2, 0.25) is 5.91 Å². The van der Waals surface area contributed by atoms with Crippen LogP contribution in [-0.2, 0) is 27.9 Å². The lowest BCUT2D eigenvalue weighted by Crippen LogP contribution is -2.48. The number of hydrogen-bond acceptors (Lipinski definition) is 5. The number of halogens is 4. The van der Waals surface area contributed by atoms with Gasteiger partial charge in [-0.3, -0.25) is 4.79 Å². The van der Waals surface area contributed by atoms with Gasteiger partial charge in [-0.25, -0.2) is 14.4 Å². The van der Waals surface area contributed by atoms with Gasteiger partial charge in [-0.05, 0) is 38.8 Å². The highest BCUT2D eigenvalue weighted by Gasteiger charge is 2.43. The number of nitrogens with one attached hydrogen (secondary N) is 1. The highest BCUT2D eigenvalue weighted by molar-refractivity contribution is 5.89. The number of carbonyl (C=O) groups excluding carboxylic acids is 1. The summed E-state index contributed by atoms with van der Waals surface area (Å²) in [6, 6.07) is 4.44. The Bertz CT molecular complexity index is 1330. The highest BCUT2D eigenvalue weighted by Crippen LogP contribution is 2.43. The molecule has 7 nitrogen and oxygen atoms in total. The number of carbonyl (C=O) groups is 1. The Kier molecular flexibility index (Phi) is 5.93. The minimum Gasteiger partial charge on any atom is -0.367 e. The first-order valence-corrected chi connectivity index (χ1v) is 11.9. The molecule has 2 aromatic heterocycles. The predicted molar refractivity (Wildman–Crippen MR) is 125 cm³/mol. The molecule has 1 atom stereocenters. The first-order valence-electron chi connectivity index (χ1n) is 11.9. The number of aromatic nitrogens is 3. The molecular weight excluding hydrogens is 478 g/mol. The third kappa shape index (κ3) is 4.08. The third-order valence-corrected chi connectivity index (χ3v) is 7.20. The number of rotatable bonds is 3. The van der Waals surface area contributed by atoms with E-state index >= 15 is 0 Å². The van der Waals surface area contributed by atoms with E-state index in [-0.39, 0.29) is 11.5 Å². The molecule has 11 heteroatoms. The van der Waals surface area contributed by atoms with Crippen molar-refractivity contribution in [2.75, 3.05) is 25.0 Å². The summed E-state index contributed by atoms with van der Waals surface area (Å²) >= 11 is 0. The molecular formula is C25H27F4N5O2. The van der Waals surface area contributed by atoms with E-state index in [0.717, 1.165) is 11.8 Å². The number of ether oxygens (including phenoxy) is 1. The number of likely N-dealkylation sites (tertiary alicyclic amines) is 1. The van der Waals surface area contributed by atoms with Crippen molar-refractivity contribution < 1.29 is 27.1 Å². The lowest BCUT2D eigenvalue weighted by Gasteiger charge is -2.44. The summed E-state index contributed by atoms with van der Waals surface area (Å²) < 4.78 is 62.9. The van der Waals surface area contributed by atoms with Crippen LogP contribution in [0.4, 0.5) is 23.4 Å². The second-order valence-electron chi connectivity index (χ2n) is 9.46. The van der Waals surface area contributed by atoms with Crippen LogP contribution >= 0.6 is 0 Å². The number of alkyl halides is 3. The smallest absolute Gasteiger partial charge is 0.367 e. The summed E-state index contributed by atoms with van der Waals surface area (Å²) in [7, 11) is 0. The van der Waals surface area contributed by atoms with Crippen LogP contribution in [0.3, 0.4) is 0 Å². The molecule has 0 saturated carbocycles. The van der Waals surface area contributed by atoms with Gasteiger partial charge in [0.15, 0.2) is 0 Å². The first-order chi connectivity index (χ1) is 17.0. The molecule has 1 fully saturated rings. The Hall–Kier alpha value is -3.21. The maximum Gasteiger partial charge on any atom is 0.419 e. The molecule has 3 aromatic rings. The van der Waals surface area contributed by atoms with Crippen molar-refractivity contribution in [2.45, 2.75) is 58.0 Å². The number of fused-ring (bicyclic) bond motifs is 4. The van der Waals surface area contributed by atoms with Crippen LogP contribution in [0, 0.1) is 12.7 Å². The number of amides is 1. The van der Waals surface area contributed by atoms with Crippen molar-refractivity contribution in [3.05, 3.63) is 52.7 Å². The van der Waals surface area contributed by atoms with E-state index in [9.17, 15) is 22.4 Å². The summed E-state index contributed by atoms with van der Waals surface area (Å²) in [4.78, 5) is 22.8. The fourth-order valence-corrected chi connectivity index (χ4v) is 5.32. The molecule has 0 unspecified atom stereocenters. The molecule has 1 N–H and O–H groups in total. The van der Waals surface area contributed by atoms with Crippen molar-refractivity contribution >= 4 is 22.8 Å². The summed E-state index contributed by atoms with van der Waals surface area (Å²) in [5, 5.41) is 3.81. The molecule has 2 aliphatic rings. The van der Waals surface area contributed by atoms with Gasteiger partial charge in [-0.2, -0.15) is 13.2 Å². The minimum absolute atomic E-state index is 0.0324. The largest absolute Gasteiger partial charge is 0.419 e. The van der Waals surface area contributed by atoms with E-state index in [1.165, 1.54) is 12.1 Å². The lowest BCUT2D eigenvalue weighted by atomic mass is 9.86. The minimum atomic E-state index is -4.79. The van der Waals surface area contributed by atoms with Crippen LogP contribution in [0.25, 0.3) is 11.0 Å². The molecule has 1 saturated heterocycles. The third-order valence-electron chi connectivity index (χ3n) is 7.20. The lowest BCUT2D eigenvalue weighted by molar-refractivity contribution is -0.141. The highest BCUT2D eigenvalue weighted by atomic mass is 19.4. The molecule has 36 heavy (non-hydrogen) atoms. The Balaban J connectivity index is 1.53. The molecule has 5 rings (SSSR count). The topological polar surface area (TPSA) is 72.3 Å². The molecule has 0 aliphatic carbocycles. The number of benzene rings is 1. The molecule has 0 radical (unpaired) electrons. The van der Waals surface area contributed by atoms with Crippen LogP contribution in [-0.4, -0.2) is 45.0 Å². The van der Waals surface area contributed by atoms with Gasteiger partial charge in [0.1, 0.15) is 28.7 Å². The second-order valence-corrected chi connectivity index (χ2v) is 9.46. The summed E-state index contributed by atoms with van der Waals surface area (Å²) in [6.45, 7) is 7.14. The molecule has 192 valence electrons. The Morgan fingerprint density at radius 1 is 1.19 bits per heavy atom. The average Bonchev–Trinajstić information content (AvgIpc) is 3.19. The van der Waals surface area contributed by atoms with E-state index < -0.39 is 29.2 Å². The number of nitrogens with zero attached hydrogens (tertiary/aromatic N) is 4. The molecule has 1 amide bonds. The van der Waals surface area contributed by atoms with Crippen molar-refractivity contribution in [2.24, 2.45) is 0 Å². The zero-order valence-corrected chi connectivity index (χ0v) is 20.2. The first kappa shape index (κ1) is 24.5. The maximum absolute atomic E-state index is 14.8. The maximum atomic E-state index is 14.8. The SMILES string of the molecule is CC(=O)N1CCC2(CC1)OCCn1c2cc2c(N[C@H](C)c3cccc(C(F)(F)F)c3F)nc(C)nc21. The monoisotopic (exact) mass is 505 g/mol. The number of hydrogen-bond donors (Lipinski definition) is 1. The Labute approximate surface area is 205 Å². The Morgan fingerprint density at radius 2 is 1.92 bits per heavy atom. The van der Waals surface area contributed by atoms with Gasteiger partial charge in [0.25, 0.3) is 0 Å². The van der Waals surface area contributed by atoms with E-state index in [1.54, 1.807) is 25.7 Å². The van der Waals surface area contributed by atoms with Gasteiger partial charge in [0, 0.05) is 32.1 Å². The fourth-order valence-electron chi connectivity index (χ4n) is 5.32. The van der Waals surface area contributed by atoms with Gasteiger partial charge >= 0.3 is 6.18 Å². The van der Waals surface area contributed by atoms with E-state index in [4.69, 9.17) is 4.74 Å². The van der Waals surface area contributed by atoms with E-state index in [1.807, 2.05) is 6.07 Å². The molecule has 4 heterocycles. The number of piperidine rings is 1. The second kappa shape index (κ2) is 8.72. The van der Waals surface area contributed by atoms with Crippen molar-refractivity contribution in [1.82, 2.24) is 19.4 Å². The number of anilines is 1. The van der Waals surface area contributed by atoms with Crippen molar-refractivity contribution in [1.29, 1.82) is 0 Å². The normalized spacial score (nSPS) is 18.4. The van der Waals surface area contributed by atoms with Crippen LogP contribution in [0.15, 0.2) is 24.3 Å². The zero-order chi connectivity index (χ0) is 25.8. The van der Waals surface area contributed by atoms with Gasteiger partial charge < -0.3 is 19.5 Å². The van der Waals surface area contributed by atoms with Gasteiger partial charge in [-0.1, -0.05) is 12.1 Å². The zero-order valence-electron chi connectivity index (χ0n) is 20.2. The van der Waals surface area contributed by atoms with E-state index in [0.29, 0.717) is 61.8 Å². The van der Waals surface area contributed by atoms with Crippen LogP contribution in [0.2, 0.25) is 0 Å². The van der Waals surface area contributed by atoms with Gasteiger partial charge in [0.05, 0.1) is 29.3 Å². The summed E-state index contributed by atoms with van der Waals surface area (Å²) in [5.74, 6) is -0.368. The molecule has 1 aromatic carbocycles. The van der Waals surface area contributed by atoms with Crippen molar-refractivity contribution in [3.63, 3.8) is 0 Å². The predicted octanol–water partition coefficient (Wildman–Crippen LogP) is 4.94. The van der Waals surface area contributed by atoms with Crippen LogP contribution in [0.1, 0.15) is 55.4 Å². The summed E-state index contributed by atoms with van der Waals surface area (Å²) in [5.41, 5.74) is -0.335. The molecule has 2 aliphatic heterocycles. The standard InChI is InChI=1S/C25H27F4N5O2/c1-14(17-5-4-6-19(21(17)26)25(27,28)29)30-22-18-13-20-24(7-9-33(10-8-24)16(3)35)36-12-11-34(20)23(18)32-15(2)31-22/h4-6,13-14H,7-12H2,1-3H3,(H,30,31,32)/t14-/m1/s1. The quantitative estimate of drug-likeness (QED) is 0.511. The Morgan fingerprint density at radius 3 is 2.58 bits per heavy atom. The number of aryl methyl sites for hydroxylation is 1. The molecule has 0 bridgehead atoms. The van der Waals surface area contributed by atoms with E-state index in [2.05, 4.69) is 19.9 Å². The summed E-state index contributed by atoms with van der Waals surface area (Å²) in [6.07, 6.45) is -3.50. The van der Waals surface area contributed by atoms with Crippen LogP contribution < -0.4 is 5.32 Å². The van der Waals surface area contributed by atoms with Crippen molar-refractivity contribution in [3.8, 4) is 0 Å². The van der Waals surface area contributed by atoms with Crippen LogP contribution in [0.5, 0.6) is 0 Å². The fraction of sp³-hybridized carbons (Fsp3) is 0.480. The average molecular weight is 506 g/mol. The van der Waals surface area contributed by atoms with Gasteiger partial charge in [-0.15, -0.1) is 0 Å². The molecule has 1 spiro atoms.